The summed E-state index contributed by atoms with van der Waals surface area (Å²) in [6.07, 6.45) is 3.70. The third-order valence-corrected chi connectivity index (χ3v) is 2.89. The zero-order chi connectivity index (χ0) is 13.7. The van der Waals surface area contributed by atoms with Gasteiger partial charge in [0.2, 0.25) is 0 Å². The van der Waals surface area contributed by atoms with Crippen molar-refractivity contribution in [2.75, 3.05) is 6.61 Å². The lowest BCUT2D eigenvalue weighted by molar-refractivity contribution is 0.210. The summed E-state index contributed by atoms with van der Waals surface area (Å²) in [5, 5.41) is 10.5. The van der Waals surface area contributed by atoms with Gasteiger partial charge in [0.15, 0.2) is 0 Å². The molecule has 0 spiro atoms. The average Bonchev–Trinajstić information content (AvgIpc) is 2.44. The van der Waals surface area contributed by atoms with Crippen LogP contribution in [0.5, 0.6) is 5.75 Å². The zero-order valence-electron chi connectivity index (χ0n) is 11.3. The summed E-state index contributed by atoms with van der Waals surface area (Å²) in [4.78, 5) is 4.12. The molecule has 0 radical (unpaired) electrons. The van der Waals surface area contributed by atoms with Crippen molar-refractivity contribution in [3.05, 3.63) is 59.4 Å². The van der Waals surface area contributed by atoms with Crippen LogP contribution in [0.25, 0.3) is 0 Å². The number of aromatic nitrogens is 1. The van der Waals surface area contributed by atoms with Crippen LogP contribution < -0.4 is 4.74 Å². The van der Waals surface area contributed by atoms with Gasteiger partial charge in [-0.15, -0.1) is 0 Å². The number of hydrogen-bond acceptors (Lipinski definition) is 3. The lowest BCUT2D eigenvalue weighted by Crippen LogP contribution is -2.05. The fourth-order valence-electron chi connectivity index (χ4n) is 1.96. The minimum absolute atomic E-state index is 0.649. The highest BCUT2D eigenvalue weighted by Gasteiger charge is 2.15. The van der Waals surface area contributed by atoms with E-state index < -0.39 is 6.10 Å². The van der Waals surface area contributed by atoms with E-state index in [0.29, 0.717) is 6.61 Å². The number of aliphatic hydroxyl groups excluding tert-OH is 1. The summed E-state index contributed by atoms with van der Waals surface area (Å²) < 4.78 is 5.68. The van der Waals surface area contributed by atoms with E-state index in [1.165, 1.54) is 0 Å². The molecule has 0 aliphatic carbocycles. The summed E-state index contributed by atoms with van der Waals surface area (Å²) in [5.41, 5.74) is 2.60. The van der Waals surface area contributed by atoms with Crippen LogP contribution in [0.15, 0.2) is 42.7 Å². The summed E-state index contributed by atoms with van der Waals surface area (Å²) in [5.74, 6) is 0.735. The molecule has 19 heavy (non-hydrogen) atoms. The molecule has 0 aliphatic heterocycles. The van der Waals surface area contributed by atoms with Crippen molar-refractivity contribution in [3.63, 3.8) is 0 Å². The molecule has 0 aliphatic rings. The molecule has 2 aromatic rings. The van der Waals surface area contributed by atoms with Crippen molar-refractivity contribution in [2.45, 2.75) is 26.4 Å². The van der Waals surface area contributed by atoms with Gasteiger partial charge in [-0.3, -0.25) is 4.98 Å². The molecule has 1 N–H and O–H groups in total. The molecular weight excluding hydrogens is 238 g/mol. The molecule has 0 fully saturated rings. The van der Waals surface area contributed by atoms with Crippen molar-refractivity contribution in [1.29, 1.82) is 0 Å². The van der Waals surface area contributed by atoms with Gasteiger partial charge >= 0.3 is 0 Å². The third kappa shape index (κ3) is 3.32. The number of nitrogens with zero attached hydrogens (tertiary/aromatic N) is 1. The number of aryl methyl sites for hydroxylation is 1. The molecule has 0 amide bonds. The lowest BCUT2D eigenvalue weighted by Gasteiger charge is -2.16. The van der Waals surface area contributed by atoms with Crippen LogP contribution in [-0.4, -0.2) is 16.7 Å². The average molecular weight is 257 g/mol. The highest BCUT2D eigenvalue weighted by molar-refractivity contribution is 5.40. The normalized spacial score (nSPS) is 12.2. The zero-order valence-corrected chi connectivity index (χ0v) is 11.3. The number of hydrogen-bond donors (Lipinski definition) is 1. The van der Waals surface area contributed by atoms with Crippen molar-refractivity contribution in [2.24, 2.45) is 0 Å². The van der Waals surface area contributed by atoms with Gasteiger partial charge in [-0.1, -0.05) is 31.2 Å². The number of benzene rings is 1. The first-order valence-corrected chi connectivity index (χ1v) is 6.53. The number of rotatable bonds is 5. The van der Waals surface area contributed by atoms with E-state index in [-0.39, 0.29) is 0 Å². The van der Waals surface area contributed by atoms with Gasteiger partial charge in [-0.25, -0.2) is 0 Å². The Bertz CT molecular complexity index is 540. The van der Waals surface area contributed by atoms with Crippen LogP contribution in [0.1, 0.15) is 36.1 Å². The molecule has 3 nitrogen and oxygen atoms in total. The van der Waals surface area contributed by atoms with Crippen molar-refractivity contribution in [1.82, 2.24) is 4.98 Å². The third-order valence-electron chi connectivity index (χ3n) is 2.89. The Morgan fingerprint density at radius 3 is 2.79 bits per heavy atom. The monoisotopic (exact) mass is 257 g/mol. The van der Waals surface area contributed by atoms with Gasteiger partial charge in [0.25, 0.3) is 0 Å². The van der Waals surface area contributed by atoms with Crippen LogP contribution in [0.4, 0.5) is 0 Å². The van der Waals surface area contributed by atoms with Crippen LogP contribution >= 0.6 is 0 Å². The molecule has 1 unspecified atom stereocenters. The molecule has 1 aromatic heterocycles. The number of pyridine rings is 1. The quantitative estimate of drug-likeness (QED) is 0.894. The highest BCUT2D eigenvalue weighted by Crippen LogP contribution is 2.29. The Hall–Kier alpha value is -1.87. The van der Waals surface area contributed by atoms with Crippen molar-refractivity contribution in [3.8, 4) is 5.75 Å². The van der Waals surface area contributed by atoms with Gasteiger partial charge in [-0.05, 0) is 25.0 Å². The fourth-order valence-corrected chi connectivity index (χ4v) is 1.96. The maximum atomic E-state index is 10.5. The van der Waals surface area contributed by atoms with E-state index in [1.807, 2.05) is 37.3 Å². The summed E-state index contributed by atoms with van der Waals surface area (Å²) in [6, 6.07) is 9.53. The Balaban J connectivity index is 2.30. The van der Waals surface area contributed by atoms with E-state index in [0.717, 1.165) is 28.9 Å². The topological polar surface area (TPSA) is 42.4 Å². The van der Waals surface area contributed by atoms with Gasteiger partial charge in [-0.2, -0.15) is 0 Å². The lowest BCUT2D eigenvalue weighted by atomic mass is 10.0. The minimum atomic E-state index is -0.708. The number of ether oxygens (including phenoxy) is 1. The van der Waals surface area contributed by atoms with Gasteiger partial charge in [0.05, 0.1) is 6.61 Å². The summed E-state index contributed by atoms with van der Waals surface area (Å²) in [6.45, 7) is 4.67. The summed E-state index contributed by atoms with van der Waals surface area (Å²) in [7, 11) is 0. The molecular formula is C16H19NO2. The molecule has 1 heterocycles. The standard InChI is InChI=1S/C16H19NO2/c1-3-8-19-15-7-5-4-6-14(15)16(18)13-9-12(2)10-17-11-13/h4-7,9-11,16,18H,3,8H2,1-2H3. The molecule has 1 aromatic carbocycles. The van der Waals surface area contributed by atoms with Crippen LogP contribution in [0, 0.1) is 6.92 Å². The molecule has 3 heteroatoms. The molecule has 2 rings (SSSR count). The first kappa shape index (κ1) is 13.6. The number of aliphatic hydroxyl groups is 1. The Labute approximate surface area is 113 Å². The maximum Gasteiger partial charge on any atom is 0.125 e. The van der Waals surface area contributed by atoms with Crippen LogP contribution in [0.2, 0.25) is 0 Å². The summed E-state index contributed by atoms with van der Waals surface area (Å²) >= 11 is 0. The van der Waals surface area contributed by atoms with E-state index in [9.17, 15) is 5.11 Å². The predicted molar refractivity (Wildman–Crippen MR) is 75.3 cm³/mol. The molecule has 0 saturated heterocycles. The highest BCUT2D eigenvalue weighted by atomic mass is 16.5. The second-order valence-electron chi connectivity index (χ2n) is 4.58. The predicted octanol–water partition coefficient (Wildman–Crippen LogP) is 3.26. The van der Waals surface area contributed by atoms with Crippen molar-refractivity contribution < 1.29 is 9.84 Å². The largest absolute Gasteiger partial charge is 0.493 e. The molecule has 100 valence electrons. The Morgan fingerprint density at radius 2 is 2.05 bits per heavy atom. The van der Waals surface area contributed by atoms with E-state index in [1.54, 1.807) is 12.4 Å². The SMILES string of the molecule is CCCOc1ccccc1C(O)c1cncc(C)c1. The van der Waals surface area contributed by atoms with Gasteiger partial charge in [0.1, 0.15) is 11.9 Å². The van der Waals surface area contributed by atoms with E-state index >= 15 is 0 Å². The van der Waals surface area contributed by atoms with Crippen LogP contribution in [0.3, 0.4) is 0 Å². The maximum absolute atomic E-state index is 10.5. The van der Waals surface area contributed by atoms with E-state index in [4.69, 9.17) is 4.74 Å². The molecule has 0 bridgehead atoms. The number of para-hydroxylation sites is 1. The van der Waals surface area contributed by atoms with Gasteiger partial charge in [0, 0.05) is 23.5 Å². The Morgan fingerprint density at radius 1 is 1.26 bits per heavy atom. The second-order valence-corrected chi connectivity index (χ2v) is 4.58. The smallest absolute Gasteiger partial charge is 0.125 e. The fraction of sp³-hybridized carbons (Fsp3) is 0.312. The minimum Gasteiger partial charge on any atom is -0.493 e. The van der Waals surface area contributed by atoms with Crippen molar-refractivity contribution >= 4 is 0 Å². The van der Waals surface area contributed by atoms with E-state index in [2.05, 4.69) is 11.9 Å². The van der Waals surface area contributed by atoms with Crippen LogP contribution in [-0.2, 0) is 0 Å². The second kappa shape index (κ2) is 6.34. The van der Waals surface area contributed by atoms with Gasteiger partial charge < -0.3 is 9.84 Å². The Kier molecular flexibility index (Phi) is 4.53. The first-order chi connectivity index (χ1) is 9.22. The first-order valence-electron chi connectivity index (χ1n) is 6.53. The molecule has 1 atom stereocenters. The molecule has 0 saturated carbocycles.